The second kappa shape index (κ2) is 6.40. The van der Waals surface area contributed by atoms with E-state index in [1.807, 2.05) is 6.07 Å². The first kappa shape index (κ1) is 13.6. The average molecular weight is 287 g/mol. The molecule has 2 aromatic heterocycles. The topological polar surface area (TPSA) is 80.2 Å². The summed E-state index contributed by atoms with van der Waals surface area (Å²) < 4.78 is 5.07. The summed E-state index contributed by atoms with van der Waals surface area (Å²) >= 11 is 0. The Kier molecular flexibility index (Phi) is 4.15. The molecule has 2 aromatic rings. The second-order valence-electron chi connectivity index (χ2n) is 4.68. The van der Waals surface area contributed by atoms with Crippen LogP contribution in [-0.4, -0.2) is 58.2 Å². The first-order chi connectivity index (χ1) is 10.4. The standard InChI is InChI=1S/C13H17N7O/c1-21-8-11-15-3-2-12(18-11)19-4-6-20(7-5-19)13-16-9-14-10-17-13/h2-3,9-10H,4-8H2,1H3. The minimum absolute atomic E-state index is 0.429. The Morgan fingerprint density at radius 3 is 2.48 bits per heavy atom. The zero-order valence-corrected chi connectivity index (χ0v) is 11.9. The van der Waals surface area contributed by atoms with E-state index in [-0.39, 0.29) is 0 Å². The minimum atomic E-state index is 0.429. The molecule has 3 heterocycles. The molecule has 0 spiro atoms. The van der Waals surface area contributed by atoms with Gasteiger partial charge in [-0.15, -0.1) is 0 Å². The van der Waals surface area contributed by atoms with Gasteiger partial charge in [0.2, 0.25) is 5.95 Å². The molecule has 0 aliphatic carbocycles. The van der Waals surface area contributed by atoms with Gasteiger partial charge in [0.25, 0.3) is 0 Å². The number of aromatic nitrogens is 5. The van der Waals surface area contributed by atoms with Crippen LogP contribution in [0, 0.1) is 0 Å². The van der Waals surface area contributed by atoms with Gasteiger partial charge in [-0.05, 0) is 6.07 Å². The average Bonchev–Trinajstić information content (AvgIpc) is 2.56. The number of hydrogen-bond donors (Lipinski definition) is 0. The first-order valence-corrected chi connectivity index (χ1v) is 6.79. The summed E-state index contributed by atoms with van der Waals surface area (Å²) in [5.74, 6) is 2.37. The molecule has 0 N–H and O–H groups in total. The fraction of sp³-hybridized carbons (Fsp3) is 0.462. The lowest BCUT2D eigenvalue weighted by atomic mass is 10.3. The van der Waals surface area contributed by atoms with Crippen LogP contribution in [0.4, 0.5) is 11.8 Å². The van der Waals surface area contributed by atoms with Gasteiger partial charge in [0.1, 0.15) is 25.1 Å². The van der Waals surface area contributed by atoms with Crippen molar-refractivity contribution < 1.29 is 4.74 Å². The molecule has 0 radical (unpaired) electrons. The molecule has 1 aliphatic heterocycles. The molecule has 8 nitrogen and oxygen atoms in total. The van der Waals surface area contributed by atoms with Crippen LogP contribution in [-0.2, 0) is 11.3 Å². The van der Waals surface area contributed by atoms with E-state index in [0.717, 1.165) is 37.9 Å². The van der Waals surface area contributed by atoms with Gasteiger partial charge < -0.3 is 14.5 Å². The lowest BCUT2D eigenvalue weighted by Crippen LogP contribution is -2.47. The quantitative estimate of drug-likeness (QED) is 0.785. The Morgan fingerprint density at radius 1 is 1.05 bits per heavy atom. The van der Waals surface area contributed by atoms with Gasteiger partial charge in [0, 0.05) is 39.5 Å². The lowest BCUT2D eigenvalue weighted by Gasteiger charge is -2.35. The van der Waals surface area contributed by atoms with Crippen LogP contribution in [0.1, 0.15) is 5.82 Å². The molecule has 0 aromatic carbocycles. The third-order valence-corrected chi connectivity index (χ3v) is 3.33. The van der Waals surface area contributed by atoms with E-state index in [1.165, 1.54) is 12.7 Å². The first-order valence-electron chi connectivity index (χ1n) is 6.79. The highest BCUT2D eigenvalue weighted by atomic mass is 16.5. The minimum Gasteiger partial charge on any atom is -0.377 e. The van der Waals surface area contributed by atoms with Crippen LogP contribution >= 0.6 is 0 Å². The molecule has 0 bridgehead atoms. The van der Waals surface area contributed by atoms with Crippen LogP contribution in [0.25, 0.3) is 0 Å². The fourth-order valence-corrected chi connectivity index (χ4v) is 2.30. The molecular weight excluding hydrogens is 270 g/mol. The van der Waals surface area contributed by atoms with Crippen molar-refractivity contribution in [2.75, 3.05) is 43.1 Å². The SMILES string of the molecule is COCc1nccc(N2CCN(c3ncncn3)CC2)n1. The number of nitrogens with zero attached hydrogens (tertiary/aromatic N) is 7. The van der Waals surface area contributed by atoms with Gasteiger partial charge in [-0.1, -0.05) is 0 Å². The largest absolute Gasteiger partial charge is 0.377 e. The molecule has 8 heteroatoms. The van der Waals surface area contributed by atoms with Crippen molar-refractivity contribution in [2.24, 2.45) is 0 Å². The van der Waals surface area contributed by atoms with Crippen molar-refractivity contribution in [1.29, 1.82) is 0 Å². The lowest BCUT2D eigenvalue weighted by molar-refractivity contribution is 0.178. The van der Waals surface area contributed by atoms with Gasteiger partial charge in [-0.2, -0.15) is 0 Å². The van der Waals surface area contributed by atoms with E-state index < -0.39 is 0 Å². The molecule has 1 fully saturated rings. The van der Waals surface area contributed by atoms with E-state index in [4.69, 9.17) is 4.74 Å². The van der Waals surface area contributed by atoms with Gasteiger partial charge in [-0.25, -0.2) is 24.9 Å². The maximum Gasteiger partial charge on any atom is 0.228 e. The Bertz CT molecular complexity index is 572. The van der Waals surface area contributed by atoms with Crippen molar-refractivity contribution in [2.45, 2.75) is 6.61 Å². The normalized spacial score (nSPS) is 15.3. The van der Waals surface area contributed by atoms with E-state index in [1.54, 1.807) is 13.3 Å². The van der Waals surface area contributed by atoms with Crippen LogP contribution in [0.2, 0.25) is 0 Å². The fourth-order valence-electron chi connectivity index (χ4n) is 2.30. The zero-order chi connectivity index (χ0) is 14.5. The van der Waals surface area contributed by atoms with Crippen molar-refractivity contribution >= 4 is 11.8 Å². The van der Waals surface area contributed by atoms with Crippen molar-refractivity contribution in [1.82, 2.24) is 24.9 Å². The summed E-state index contributed by atoms with van der Waals surface area (Å²) in [6.07, 6.45) is 4.82. The van der Waals surface area contributed by atoms with Gasteiger partial charge in [-0.3, -0.25) is 0 Å². The maximum absolute atomic E-state index is 5.07. The Labute approximate surface area is 122 Å². The Balaban J connectivity index is 1.64. The summed E-state index contributed by atoms with van der Waals surface area (Å²) in [4.78, 5) is 25.3. The molecule has 0 atom stereocenters. The van der Waals surface area contributed by atoms with E-state index in [0.29, 0.717) is 12.4 Å². The van der Waals surface area contributed by atoms with Crippen molar-refractivity contribution in [3.05, 3.63) is 30.7 Å². The molecule has 0 amide bonds. The molecule has 1 aliphatic rings. The summed E-state index contributed by atoms with van der Waals surface area (Å²) in [5, 5.41) is 0. The van der Waals surface area contributed by atoms with Gasteiger partial charge in [0.05, 0.1) is 0 Å². The van der Waals surface area contributed by atoms with Crippen LogP contribution in [0.5, 0.6) is 0 Å². The van der Waals surface area contributed by atoms with E-state index >= 15 is 0 Å². The third kappa shape index (κ3) is 3.22. The maximum atomic E-state index is 5.07. The van der Waals surface area contributed by atoms with Crippen molar-refractivity contribution in [3.63, 3.8) is 0 Å². The van der Waals surface area contributed by atoms with Crippen molar-refractivity contribution in [3.8, 4) is 0 Å². The Hall–Kier alpha value is -2.35. The Morgan fingerprint density at radius 2 is 1.76 bits per heavy atom. The number of methoxy groups -OCH3 is 1. The number of anilines is 2. The molecule has 0 saturated carbocycles. The smallest absolute Gasteiger partial charge is 0.228 e. The van der Waals surface area contributed by atoms with Crippen LogP contribution < -0.4 is 9.80 Å². The number of ether oxygens (including phenoxy) is 1. The van der Waals surface area contributed by atoms with Crippen LogP contribution in [0.3, 0.4) is 0 Å². The monoisotopic (exact) mass is 287 g/mol. The predicted molar refractivity (Wildman–Crippen MR) is 77.0 cm³/mol. The molecule has 21 heavy (non-hydrogen) atoms. The highest BCUT2D eigenvalue weighted by molar-refractivity contribution is 5.41. The number of hydrogen-bond acceptors (Lipinski definition) is 8. The summed E-state index contributed by atoms with van der Waals surface area (Å²) in [6.45, 7) is 3.88. The predicted octanol–water partition coefficient (Wildman–Crippen LogP) is 0.135. The summed E-state index contributed by atoms with van der Waals surface area (Å²) in [6, 6.07) is 1.93. The molecular formula is C13H17N7O. The van der Waals surface area contributed by atoms with Gasteiger partial charge in [0.15, 0.2) is 5.82 Å². The highest BCUT2D eigenvalue weighted by Gasteiger charge is 2.20. The third-order valence-electron chi connectivity index (χ3n) is 3.33. The second-order valence-corrected chi connectivity index (χ2v) is 4.68. The number of rotatable bonds is 4. The molecule has 3 rings (SSSR count). The van der Waals surface area contributed by atoms with Crippen LogP contribution in [0.15, 0.2) is 24.9 Å². The highest BCUT2D eigenvalue weighted by Crippen LogP contribution is 2.15. The van der Waals surface area contributed by atoms with E-state index in [9.17, 15) is 0 Å². The molecule has 1 saturated heterocycles. The van der Waals surface area contributed by atoms with Gasteiger partial charge >= 0.3 is 0 Å². The van der Waals surface area contributed by atoms with E-state index in [2.05, 4.69) is 34.7 Å². The summed E-state index contributed by atoms with van der Waals surface area (Å²) in [5.41, 5.74) is 0. The zero-order valence-electron chi connectivity index (χ0n) is 11.9. The molecule has 110 valence electrons. The summed E-state index contributed by atoms with van der Waals surface area (Å²) in [7, 11) is 1.64. The molecule has 0 unspecified atom stereocenters. The number of piperazine rings is 1.